The first-order valence-corrected chi connectivity index (χ1v) is 12.6. The Hall–Kier alpha value is -4.42. The van der Waals surface area contributed by atoms with E-state index in [-0.39, 0.29) is 17.6 Å². The van der Waals surface area contributed by atoms with Gasteiger partial charge in [-0.25, -0.2) is 4.39 Å². The van der Waals surface area contributed by atoms with Crippen LogP contribution in [0.5, 0.6) is 0 Å². The molecule has 2 amide bonds. The largest absolute Gasteiger partial charge is 0.325 e. The van der Waals surface area contributed by atoms with Crippen LogP contribution in [-0.2, 0) is 4.79 Å². The normalized spacial score (nSPS) is 11.6. The summed E-state index contributed by atoms with van der Waals surface area (Å²) < 4.78 is 13.3. The Morgan fingerprint density at radius 2 is 1.38 bits per heavy atom. The van der Waals surface area contributed by atoms with Crippen LogP contribution in [0.4, 0.5) is 15.8 Å². The first-order valence-electron chi connectivity index (χ1n) is 11.7. The van der Waals surface area contributed by atoms with Gasteiger partial charge in [0.15, 0.2) is 0 Å². The Morgan fingerprint density at radius 1 is 0.649 bits per heavy atom. The molecule has 1 unspecified atom stereocenters. The maximum Gasteiger partial charge on any atom is 0.255 e. The van der Waals surface area contributed by atoms with Crippen LogP contribution in [0.3, 0.4) is 0 Å². The zero-order valence-electron chi connectivity index (χ0n) is 19.7. The highest BCUT2D eigenvalue weighted by atomic mass is 32.2. The molecule has 0 bridgehead atoms. The van der Waals surface area contributed by atoms with Crippen LogP contribution < -0.4 is 10.6 Å². The van der Waals surface area contributed by atoms with Crippen LogP contribution in [0.15, 0.2) is 126 Å². The maximum atomic E-state index is 13.3. The van der Waals surface area contributed by atoms with Crippen LogP contribution in [-0.4, -0.2) is 11.8 Å². The minimum absolute atomic E-state index is 0.207. The van der Waals surface area contributed by atoms with Crippen molar-refractivity contribution in [2.75, 3.05) is 10.6 Å². The molecule has 0 aliphatic rings. The molecule has 6 heteroatoms. The molecular formula is C31H23FN2O2S. The SMILES string of the molecule is O=C(Nc1cccc(SC(C(=O)Nc2ccc(F)cc2)c2ccccc2)c1)c1ccc2ccccc2c1. The molecule has 37 heavy (non-hydrogen) atoms. The maximum absolute atomic E-state index is 13.3. The monoisotopic (exact) mass is 506 g/mol. The van der Waals surface area contributed by atoms with Crippen molar-refractivity contribution in [2.45, 2.75) is 10.1 Å². The van der Waals surface area contributed by atoms with E-state index in [1.165, 1.54) is 36.0 Å². The van der Waals surface area contributed by atoms with Crippen molar-refractivity contribution in [3.8, 4) is 0 Å². The molecule has 0 spiro atoms. The van der Waals surface area contributed by atoms with Crippen LogP contribution in [0.25, 0.3) is 10.8 Å². The zero-order chi connectivity index (χ0) is 25.6. The fourth-order valence-corrected chi connectivity index (χ4v) is 5.04. The van der Waals surface area contributed by atoms with Crippen LogP contribution in [0.1, 0.15) is 21.2 Å². The number of fused-ring (bicyclic) bond motifs is 1. The molecule has 2 N–H and O–H groups in total. The summed E-state index contributed by atoms with van der Waals surface area (Å²) in [4.78, 5) is 27.0. The van der Waals surface area contributed by atoms with Crippen molar-refractivity contribution >= 4 is 45.7 Å². The van der Waals surface area contributed by atoms with Gasteiger partial charge in [-0.2, -0.15) is 0 Å². The van der Waals surface area contributed by atoms with Gasteiger partial charge in [-0.15, -0.1) is 11.8 Å². The summed E-state index contributed by atoms with van der Waals surface area (Å²) in [6, 6.07) is 36.0. The van der Waals surface area contributed by atoms with E-state index in [9.17, 15) is 14.0 Å². The van der Waals surface area contributed by atoms with Gasteiger partial charge in [0.2, 0.25) is 5.91 Å². The van der Waals surface area contributed by atoms with Crippen LogP contribution in [0.2, 0.25) is 0 Å². The molecule has 4 nitrogen and oxygen atoms in total. The number of anilines is 2. The molecule has 0 heterocycles. The van der Waals surface area contributed by atoms with E-state index in [2.05, 4.69) is 10.6 Å². The Balaban J connectivity index is 1.35. The van der Waals surface area contributed by atoms with Gasteiger partial charge in [0, 0.05) is 21.8 Å². The number of carbonyl (C=O) groups excluding carboxylic acids is 2. The van der Waals surface area contributed by atoms with Gasteiger partial charge in [0.25, 0.3) is 5.91 Å². The lowest BCUT2D eigenvalue weighted by molar-refractivity contribution is -0.115. The Bertz CT molecular complexity index is 1560. The van der Waals surface area contributed by atoms with Gasteiger partial charge in [-0.05, 0) is 70.9 Å². The summed E-state index contributed by atoms with van der Waals surface area (Å²) in [5, 5.41) is 7.35. The van der Waals surface area contributed by atoms with E-state index in [0.717, 1.165) is 21.2 Å². The van der Waals surface area contributed by atoms with Crippen molar-refractivity contribution in [1.82, 2.24) is 0 Å². The predicted octanol–water partition coefficient (Wildman–Crippen LogP) is 7.70. The van der Waals surface area contributed by atoms with Gasteiger partial charge < -0.3 is 10.6 Å². The first-order chi connectivity index (χ1) is 18.0. The first kappa shape index (κ1) is 24.3. The number of thioether (sulfide) groups is 1. The number of benzene rings is 5. The van der Waals surface area contributed by atoms with Crippen molar-refractivity contribution in [3.63, 3.8) is 0 Å². The van der Waals surface area contributed by atoms with E-state index >= 15 is 0 Å². The lowest BCUT2D eigenvalue weighted by Crippen LogP contribution is -2.19. The Kier molecular flexibility index (Phi) is 7.28. The number of carbonyl (C=O) groups is 2. The lowest BCUT2D eigenvalue weighted by Gasteiger charge is -2.18. The third kappa shape index (κ3) is 6.05. The van der Waals surface area contributed by atoms with Gasteiger partial charge in [-0.1, -0.05) is 66.7 Å². The van der Waals surface area contributed by atoms with Gasteiger partial charge in [-0.3, -0.25) is 9.59 Å². The topological polar surface area (TPSA) is 58.2 Å². The summed E-state index contributed by atoms with van der Waals surface area (Å²) in [5.74, 6) is -0.801. The van der Waals surface area contributed by atoms with E-state index in [4.69, 9.17) is 0 Å². The number of nitrogens with one attached hydrogen (secondary N) is 2. The van der Waals surface area contributed by atoms with Crippen molar-refractivity contribution < 1.29 is 14.0 Å². The number of hydrogen-bond donors (Lipinski definition) is 2. The molecule has 5 aromatic rings. The highest BCUT2D eigenvalue weighted by molar-refractivity contribution is 8.00. The van der Waals surface area contributed by atoms with E-state index in [1.807, 2.05) is 97.1 Å². The molecular weight excluding hydrogens is 483 g/mol. The highest BCUT2D eigenvalue weighted by Crippen LogP contribution is 2.37. The molecule has 0 aliphatic carbocycles. The zero-order valence-corrected chi connectivity index (χ0v) is 20.5. The molecule has 0 fully saturated rings. The second-order valence-electron chi connectivity index (χ2n) is 8.45. The summed E-state index contributed by atoms with van der Waals surface area (Å²) in [7, 11) is 0. The molecule has 0 aliphatic heterocycles. The van der Waals surface area contributed by atoms with Gasteiger partial charge >= 0.3 is 0 Å². The molecule has 182 valence electrons. The Morgan fingerprint density at radius 3 is 2.16 bits per heavy atom. The second kappa shape index (κ2) is 11.1. The number of halogens is 1. The molecule has 0 radical (unpaired) electrons. The standard InChI is InChI=1S/C31H23FN2O2S/c32-25-15-17-26(18-16-25)33-31(36)29(22-8-2-1-3-9-22)37-28-12-6-11-27(20-28)34-30(35)24-14-13-21-7-4-5-10-23(21)19-24/h1-20,29H,(H,33,36)(H,34,35). The van der Waals surface area contributed by atoms with Crippen molar-refractivity contribution in [3.05, 3.63) is 138 Å². The third-order valence-electron chi connectivity index (χ3n) is 5.81. The minimum atomic E-state index is -0.558. The Labute approximate surface area is 218 Å². The number of rotatable bonds is 7. The summed E-state index contributed by atoms with van der Waals surface area (Å²) >= 11 is 1.37. The fraction of sp³-hybridized carbons (Fsp3) is 0.0323. The van der Waals surface area contributed by atoms with E-state index in [0.29, 0.717) is 16.9 Å². The number of amides is 2. The lowest BCUT2D eigenvalue weighted by atomic mass is 10.1. The van der Waals surface area contributed by atoms with Crippen LogP contribution in [0, 0.1) is 5.82 Å². The van der Waals surface area contributed by atoms with Gasteiger partial charge in [0.05, 0.1) is 0 Å². The average molecular weight is 507 g/mol. The molecule has 0 aromatic heterocycles. The second-order valence-corrected chi connectivity index (χ2v) is 9.63. The molecule has 0 saturated heterocycles. The van der Waals surface area contributed by atoms with Crippen LogP contribution >= 0.6 is 11.8 Å². The van der Waals surface area contributed by atoms with Gasteiger partial charge in [0.1, 0.15) is 11.1 Å². The molecule has 5 aromatic carbocycles. The molecule has 0 saturated carbocycles. The third-order valence-corrected chi connectivity index (χ3v) is 7.06. The predicted molar refractivity (Wildman–Crippen MR) is 148 cm³/mol. The summed E-state index contributed by atoms with van der Waals surface area (Å²) in [6.45, 7) is 0. The highest BCUT2D eigenvalue weighted by Gasteiger charge is 2.22. The fourth-order valence-electron chi connectivity index (χ4n) is 3.96. The summed E-state index contributed by atoms with van der Waals surface area (Å²) in [5.41, 5.74) is 2.55. The van der Waals surface area contributed by atoms with E-state index < -0.39 is 5.25 Å². The van der Waals surface area contributed by atoms with Crippen molar-refractivity contribution in [2.24, 2.45) is 0 Å². The number of hydrogen-bond acceptors (Lipinski definition) is 3. The average Bonchev–Trinajstić information content (AvgIpc) is 2.93. The van der Waals surface area contributed by atoms with Crippen molar-refractivity contribution in [1.29, 1.82) is 0 Å². The molecule has 5 rings (SSSR count). The molecule has 1 atom stereocenters. The minimum Gasteiger partial charge on any atom is -0.325 e. The quantitative estimate of drug-likeness (QED) is 0.222. The van der Waals surface area contributed by atoms with E-state index in [1.54, 1.807) is 0 Å². The summed E-state index contributed by atoms with van der Waals surface area (Å²) in [6.07, 6.45) is 0. The smallest absolute Gasteiger partial charge is 0.255 e.